The lowest BCUT2D eigenvalue weighted by molar-refractivity contribution is -0.164. The van der Waals surface area contributed by atoms with Crippen LogP contribution in [0.5, 0.6) is 11.5 Å². The van der Waals surface area contributed by atoms with Crippen molar-refractivity contribution in [1.29, 1.82) is 0 Å². The third-order valence-corrected chi connectivity index (χ3v) is 14.5. The molecule has 71 heavy (non-hydrogen) atoms. The average molecular weight is 1000 g/mol. The lowest BCUT2D eigenvalue weighted by atomic mass is 9.49. The first-order valence-electron chi connectivity index (χ1n) is 25.1. The summed E-state index contributed by atoms with van der Waals surface area (Å²) in [7, 11) is 0. The minimum absolute atomic E-state index is 0.140. The molecule has 3 N–H and O–H groups in total. The number of likely N-dealkylation sites (tertiary alicyclic amines) is 1. The lowest BCUT2D eigenvalue weighted by Crippen LogP contribution is -2.74. The lowest BCUT2D eigenvalue weighted by Gasteiger charge is -2.63. The highest BCUT2D eigenvalue weighted by Gasteiger charge is 2.64. The van der Waals surface area contributed by atoms with Gasteiger partial charge in [-0.15, -0.1) is 6.42 Å². The Morgan fingerprint density at radius 1 is 0.845 bits per heavy atom. The average Bonchev–Trinajstić information content (AvgIpc) is 3.97. The van der Waals surface area contributed by atoms with Crippen LogP contribution in [0.15, 0.2) is 66.7 Å². The number of hydrogen-bond donors (Lipinski definition) is 3. The van der Waals surface area contributed by atoms with Gasteiger partial charge in [0.1, 0.15) is 36.3 Å². The van der Waals surface area contributed by atoms with Gasteiger partial charge >= 0.3 is 0 Å². The van der Waals surface area contributed by atoms with Crippen molar-refractivity contribution in [3.63, 3.8) is 0 Å². The topological polar surface area (TPSA) is 163 Å². The highest BCUT2D eigenvalue weighted by molar-refractivity contribution is 6.31. The number of hydrogen-bond acceptors (Lipinski definition) is 10. The predicted octanol–water partition coefficient (Wildman–Crippen LogP) is 7.73. The maximum Gasteiger partial charge on any atom is 0.251 e. The van der Waals surface area contributed by atoms with Gasteiger partial charge in [0.15, 0.2) is 0 Å². The molecule has 14 nitrogen and oxygen atoms in total. The number of nitrogens with one attached hydrogen (secondary N) is 3. The van der Waals surface area contributed by atoms with Gasteiger partial charge in [-0.05, 0) is 72.2 Å². The number of carbonyl (C=O) groups excluding carboxylic acids is 4. The second kappa shape index (κ2) is 24.5. The molecular weight excluding hydrogens is 924 g/mol. The van der Waals surface area contributed by atoms with E-state index in [2.05, 4.69) is 55.6 Å². The molecule has 3 aromatic rings. The van der Waals surface area contributed by atoms with Gasteiger partial charge in [-0.25, -0.2) is 0 Å². The maximum atomic E-state index is 14.0. The van der Waals surface area contributed by atoms with Gasteiger partial charge in [-0.2, -0.15) is 0 Å². The van der Waals surface area contributed by atoms with Crippen LogP contribution < -0.4 is 25.4 Å². The van der Waals surface area contributed by atoms with Crippen LogP contribution in [0.1, 0.15) is 115 Å². The third-order valence-electron chi connectivity index (χ3n) is 14.2. The van der Waals surface area contributed by atoms with Crippen LogP contribution in [-0.4, -0.2) is 118 Å². The molecule has 2 aliphatic carbocycles. The second-order valence-electron chi connectivity index (χ2n) is 21.1. The van der Waals surface area contributed by atoms with Crippen molar-refractivity contribution < 1.29 is 47.6 Å². The van der Waals surface area contributed by atoms with Crippen LogP contribution in [-0.2, 0) is 39.8 Å². The number of benzene rings is 3. The zero-order chi connectivity index (χ0) is 51.5. The Kier molecular flexibility index (Phi) is 19.0. The molecule has 0 aromatic heterocycles. The second-order valence-corrected chi connectivity index (χ2v) is 21.6. The molecule has 5 atom stereocenters. The van der Waals surface area contributed by atoms with Crippen molar-refractivity contribution in [1.82, 2.24) is 20.9 Å². The Hall–Kier alpha value is -5.17. The zero-order valence-corrected chi connectivity index (χ0v) is 43.8. The van der Waals surface area contributed by atoms with Crippen LogP contribution in [0.25, 0.3) is 0 Å². The van der Waals surface area contributed by atoms with E-state index in [9.17, 15) is 19.2 Å². The summed E-state index contributed by atoms with van der Waals surface area (Å²) in [5.74, 6) is 2.82. The number of terminal acetylenes is 1. The summed E-state index contributed by atoms with van der Waals surface area (Å²) in [5.41, 5.74) is 2.00. The molecule has 0 spiro atoms. The zero-order valence-electron chi connectivity index (χ0n) is 43.1. The molecule has 1 saturated carbocycles. The van der Waals surface area contributed by atoms with E-state index >= 15 is 0 Å². The quantitative estimate of drug-likeness (QED) is 0.0598. The number of nitrogens with zero attached hydrogens (tertiary/aromatic N) is 1. The molecule has 6 rings (SSSR count). The van der Waals surface area contributed by atoms with Gasteiger partial charge in [0.2, 0.25) is 17.7 Å². The van der Waals surface area contributed by atoms with Crippen molar-refractivity contribution in [3.05, 3.63) is 94.0 Å². The van der Waals surface area contributed by atoms with E-state index in [1.165, 1.54) is 0 Å². The monoisotopic (exact) mass is 999 g/mol. The first-order valence-corrected chi connectivity index (χ1v) is 25.5. The summed E-state index contributed by atoms with van der Waals surface area (Å²) in [6.07, 6.45) is 7.60. The van der Waals surface area contributed by atoms with E-state index in [-0.39, 0.29) is 64.7 Å². The predicted molar refractivity (Wildman–Crippen MR) is 273 cm³/mol. The van der Waals surface area contributed by atoms with Crippen molar-refractivity contribution >= 4 is 35.2 Å². The molecule has 1 heterocycles. The van der Waals surface area contributed by atoms with Gasteiger partial charge in [0, 0.05) is 52.9 Å². The number of fused-ring (bicyclic) bond motifs is 1. The fourth-order valence-electron chi connectivity index (χ4n) is 10.3. The van der Waals surface area contributed by atoms with E-state index in [4.69, 9.17) is 46.4 Å². The van der Waals surface area contributed by atoms with E-state index in [1.807, 2.05) is 58.9 Å². The fourth-order valence-corrected chi connectivity index (χ4v) is 10.5. The Morgan fingerprint density at radius 2 is 1.46 bits per heavy atom. The summed E-state index contributed by atoms with van der Waals surface area (Å²) in [5, 5.41) is 9.92. The number of carbonyl (C=O) groups is 4. The SMILES string of the molecule is C#Cc1ccc(OC2C(C)(C)C(NC(=O)c3ccc(OCCOCCOCCOCCO[C@@H]4Cc5ccccc5[C@@H]4NC(=O)[C@@H]4CCCN4C(=O)[C@@H](NC(=O)[C@H](C)CC)C(C)(C)C)cc3)C2(C)C)cc1Cl. The first kappa shape index (κ1) is 55.1. The van der Waals surface area contributed by atoms with Gasteiger partial charge in [-0.1, -0.05) is 104 Å². The Labute approximate surface area is 425 Å². The highest BCUT2D eigenvalue weighted by atomic mass is 35.5. The minimum atomic E-state index is -0.754. The molecule has 0 bridgehead atoms. The molecule has 0 radical (unpaired) electrons. The molecule has 386 valence electrons. The number of rotatable bonds is 24. The fraction of sp³-hybridized carbons (Fsp3) is 0.571. The number of amides is 4. The molecule has 3 aromatic carbocycles. The van der Waals surface area contributed by atoms with Gasteiger partial charge in [-0.3, -0.25) is 19.2 Å². The van der Waals surface area contributed by atoms with Crippen LogP contribution in [0.3, 0.4) is 0 Å². The standard InChI is InChI=1S/C56H75ClN4O10/c1-11-36(3)48(62)59-47(54(4,5)6)51(65)61-25-15-18-44(61)50(64)58-46-42-17-14-13-16-39(42)34-45(46)70-33-31-68-29-27-66-26-28-67-30-32-69-40-22-20-38(21-23-40)49(63)60-52-55(7,8)53(56(52,9)10)71-41-24-19-37(12-2)43(57)35-41/h2,13-14,16-17,19-24,35-36,44-47,52-53H,11,15,18,25-34H2,1,3-10H3,(H,58,64)(H,59,62)(H,60,63)/t36-,44+,45-,46+,47-,52?,53?/m1/s1. The van der Waals surface area contributed by atoms with E-state index in [0.717, 1.165) is 11.1 Å². The van der Waals surface area contributed by atoms with Crippen LogP contribution in [0.2, 0.25) is 5.02 Å². The van der Waals surface area contributed by atoms with Crippen LogP contribution in [0.4, 0.5) is 0 Å². The molecule has 15 heteroatoms. The number of ether oxygens (including phenoxy) is 6. The summed E-state index contributed by atoms with van der Waals surface area (Å²) in [6.45, 7) is 21.3. The van der Waals surface area contributed by atoms with E-state index in [1.54, 1.807) is 41.3 Å². The maximum absolute atomic E-state index is 14.0. The van der Waals surface area contributed by atoms with E-state index in [0.29, 0.717) is 113 Å². The molecular formula is C56H75ClN4O10. The third kappa shape index (κ3) is 13.7. The van der Waals surface area contributed by atoms with Gasteiger partial charge < -0.3 is 49.3 Å². The summed E-state index contributed by atoms with van der Waals surface area (Å²) in [6, 6.07) is 18.5. The van der Waals surface area contributed by atoms with Crippen LogP contribution in [0, 0.1) is 34.5 Å². The Bertz CT molecular complexity index is 2330. The Morgan fingerprint density at radius 3 is 2.08 bits per heavy atom. The largest absolute Gasteiger partial charge is 0.491 e. The van der Waals surface area contributed by atoms with Crippen LogP contribution >= 0.6 is 11.6 Å². The highest BCUT2D eigenvalue weighted by Crippen LogP contribution is 2.55. The smallest absolute Gasteiger partial charge is 0.251 e. The van der Waals surface area contributed by atoms with Gasteiger partial charge in [0.25, 0.3) is 5.91 Å². The Balaban J connectivity index is 0.837. The normalized spacial score (nSPS) is 21.8. The van der Waals surface area contributed by atoms with Crippen molar-refractivity contribution in [2.45, 2.75) is 124 Å². The molecule has 4 amide bonds. The molecule has 2 fully saturated rings. The van der Waals surface area contributed by atoms with Crippen molar-refractivity contribution in [2.24, 2.45) is 22.2 Å². The van der Waals surface area contributed by atoms with Crippen molar-refractivity contribution in [2.75, 3.05) is 59.4 Å². The summed E-state index contributed by atoms with van der Waals surface area (Å²) < 4.78 is 35.7. The van der Waals surface area contributed by atoms with Crippen molar-refractivity contribution in [3.8, 4) is 23.8 Å². The molecule has 0 unspecified atom stereocenters. The summed E-state index contributed by atoms with van der Waals surface area (Å²) >= 11 is 6.32. The number of halogens is 1. The van der Waals surface area contributed by atoms with Gasteiger partial charge in [0.05, 0.1) is 63.4 Å². The molecule has 1 saturated heterocycles. The minimum Gasteiger partial charge on any atom is -0.491 e. The van der Waals surface area contributed by atoms with E-state index < -0.39 is 17.5 Å². The first-order chi connectivity index (χ1) is 33.8. The molecule has 1 aliphatic heterocycles. The molecule has 3 aliphatic rings. The summed E-state index contributed by atoms with van der Waals surface area (Å²) in [4.78, 5) is 55.9.